The number of rotatable bonds is 2. The van der Waals surface area contributed by atoms with Crippen molar-refractivity contribution in [3.05, 3.63) is 65.9 Å². The minimum atomic E-state index is -1.60. The van der Waals surface area contributed by atoms with Gasteiger partial charge in [0.25, 0.3) is 0 Å². The molecule has 5 heterocycles. The van der Waals surface area contributed by atoms with E-state index in [1.807, 2.05) is 35.2 Å². The lowest BCUT2D eigenvalue weighted by molar-refractivity contribution is -0.349. The van der Waals surface area contributed by atoms with Gasteiger partial charge in [-0.3, -0.25) is 0 Å². The molecule has 4 aliphatic rings. The third-order valence-electron chi connectivity index (χ3n) is 5.61. The molecular formula is C23H19N3O5. The molecule has 3 saturated heterocycles. The van der Waals surface area contributed by atoms with E-state index in [0.717, 1.165) is 30.6 Å². The van der Waals surface area contributed by atoms with Gasteiger partial charge in [-0.05, 0) is 37.0 Å². The van der Waals surface area contributed by atoms with E-state index >= 15 is 0 Å². The molecule has 2 aromatic rings. The van der Waals surface area contributed by atoms with E-state index in [-0.39, 0.29) is 11.8 Å². The first-order chi connectivity index (χ1) is 15.1. The van der Waals surface area contributed by atoms with Gasteiger partial charge in [-0.2, -0.15) is 0 Å². The lowest BCUT2D eigenvalue weighted by Crippen LogP contribution is -2.71. The minimum Gasteiger partial charge on any atom is -0.463 e. The number of hydrogen-bond acceptors (Lipinski definition) is 8. The Kier molecular flexibility index (Phi) is 4.88. The predicted octanol–water partition coefficient (Wildman–Crippen LogP) is 1.66. The summed E-state index contributed by atoms with van der Waals surface area (Å²) < 4.78 is 17.3. The highest BCUT2D eigenvalue weighted by atomic mass is 16.8. The number of fused-ring (bicyclic) bond motifs is 2. The summed E-state index contributed by atoms with van der Waals surface area (Å²) >= 11 is 0. The van der Waals surface area contributed by atoms with Gasteiger partial charge in [-0.1, -0.05) is 24.1 Å². The Morgan fingerprint density at radius 1 is 0.935 bits per heavy atom. The molecule has 1 atom stereocenters. The second-order valence-corrected chi connectivity index (χ2v) is 7.54. The largest absolute Gasteiger partial charge is 0.463 e. The molecule has 1 aromatic carbocycles. The zero-order chi connectivity index (χ0) is 21.3. The molecule has 1 spiro atoms. The molecule has 0 saturated carbocycles. The molecule has 156 valence electrons. The fourth-order valence-corrected chi connectivity index (χ4v) is 4.16. The van der Waals surface area contributed by atoms with Crippen LogP contribution in [0.1, 0.15) is 24.1 Å². The van der Waals surface area contributed by atoms with E-state index in [1.54, 1.807) is 12.1 Å². The van der Waals surface area contributed by atoms with Crippen molar-refractivity contribution in [2.75, 3.05) is 13.1 Å². The lowest BCUT2D eigenvalue weighted by atomic mass is 9.82. The summed E-state index contributed by atoms with van der Waals surface area (Å²) in [4.78, 5) is 26.1. The van der Waals surface area contributed by atoms with Crippen LogP contribution < -0.4 is 4.74 Å². The van der Waals surface area contributed by atoms with Crippen molar-refractivity contribution in [3.63, 3.8) is 0 Å². The van der Waals surface area contributed by atoms with E-state index in [0.29, 0.717) is 18.8 Å². The number of piperidine rings is 3. The molecule has 0 N–H and O–H groups in total. The Morgan fingerprint density at radius 3 is 2.29 bits per heavy atom. The van der Waals surface area contributed by atoms with Crippen LogP contribution in [0, 0.1) is 17.8 Å². The first-order valence-electron chi connectivity index (χ1n) is 10.1. The number of carbonyl (C=O) groups is 2. The highest BCUT2D eigenvalue weighted by Gasteiger charge is 2.62. The van der Waals surface area contributed by atoms with E-state index in [9.17, 15) is 9.59 Å². The third-order valence-corrected chi connectivity index (χ3v) is 5.61. The Labute approximate surface area is 178 Å². The van der Waals surface area contributed by atoms with Crippen LogP contribution in [0.2, 0.25) is 0 Å². The van der Waals surface area contributed by atoms with Crippen LogP contribution in [0.3, 0.4) is 0 Å². The van der Waals surface area contributed by atoms with Gasteiger partial charge in [0.05, 0.1) is 0 Å². The topological polar surface area (TPSA) is 90.9 Å². The number of aromatic nitrogens is 2. The Hall–Kier alpha value is -3.70. The number of esters is 2. The molecule has 8 heteroatoms. The van der Waals surface area contributed by atoms with Gasteiger partial charge in [0.1, 0.15) is 5.69 Å². The quantitative estimate of drug-likeness (QED) is 0.538. The van der Waals surface area contributed by atoms with Gasteiger partial charge in [0, 0.05) is 42.8 Å². The normalized spacial score (nSPS) is 25.7. The Morgan fingerprint density at radius 2 is 1.65 bits per heavy atom. The molecule has 3 fully saturated rings. The first kappa shape index (κ1) is 19.3. The van der Waals surface area contributed by atoms with Gasteiger partial charge >= 0.3 is 17.8 Å². The molecule has 0 aliphatic carbocycles. The molecule has 0 radical (unpaired) electrons. The van der Waals surface area contributed by atoms with Crippen LogP contribution in [0.25, 0.3) is 0 Å². The predicted molar refractivity (Wildman–Crippen MR) is 107 cm³/mol. The summed E-state index contributed by atoms with van der Waals surface area (Å²) in [5, 5.41) is 8.23. The van der Waals surface area contributed by atoms with Crippen molar-refractivity contribution in [2.24, 2.45) is 5.92 Å². The standard InChI is InChI=1S/C23H19N3O5/c27-20-10-11-21(28)31-23(30-20)22(17-12-14-26(23)15-13-17)29-19-9-8-18(24-25-19)7-6-16-4-2-1-3-5-16/h1-5,8-11,17,22H,12-15H2/t22-/m1/s1. The van der Waals surface area contributed by atoms with Crippen LogP contribution in [0.4, 0.5) is 0 Å². The molecule has 6 rings (SSSR count). The molecule has 2 bridgehead atoms. The van der Waals surface area contributed by atoms with Crippen LogP contribution in [-0.4, -0.2) is 52.1 Å². The summed E-state index contributed by atoms with van der Waals surface area (Å²) in [5.74, 6) is 3.37. The average Bonchev–Trinajstić information content (AvgIpc) is 2.95. The minimum absolute atomic E-state index is 0.0445. The SMILES string of the molecule is O=C1C=CC(=O)OC2(O1)[C@H](Oc1ccc(C#Cc3ccccc3)nn1)C1CCN2CC1. The number of ether oxygens (including phenoxy) is 3. The zero-order valence-electron chi connectivity index (χ0n) is 16.6. The smallest absolute Gasteiger partial charge is 0.359 e. The maximum Gasteiger partial charge on any atom is 0.359 e. The van der Waals surface area contributed by atoms with Gasteiger partial charge < -0.3 is 14.2 Å². The summed E-state index contributed by atoms with van der Waals surface area (Å²) in [6.45, 7) is 1.29. The second-order valence-electron chi connectivity index (χ2n) is 7.54. The van der Waals surface area contributed by atoms with E-state index in [1.165, 1.54) is 0 Å². The summed E-state index contributed by atoms with van der Waals surface area (Å²) in [5.41, 5.74) is 1.38. The molecule has 1 aromatic heterocycles. The maximum absolute atomic E-state index is 12.1. The maximum atomic E-state index is 12.1. The zero-order valence-corrected chi connectivity index (χ0v) is 16.6. The summed E-state index contributed by atoms with van der Waals surface area (Å²) in [6, 6.07) is 12.9. The van der Waals surface area contributed by atoms with Crippen LogP contribution in [0.15, 0.2) is 54.6 Å². The van der Waals surface area contributed by atoms with Gasteiger partial charge in [0.15, 0.2) is 6.10 Å². The van der Waals surface area contributed by atoms with Crippen LogP contribution in [0.5, 0.6) is 5.88 Å². The molecule has 31 heavy (non-hydrogen) atoms. The molecule has 0 amide bonds. The number of nitrogens with zero attached hydrogens (tertiary/aromatic N) is 3. The fourth-order valence-electron chi connectivity index (χ4n) is 4.16. The number of carbonyl (C=O) groups excluding carboxylic acids is 2. The molecule has 0 unspecified atom stereocenters. The van der Waals surface area contributed by atoms with Crippen LogP contribution >= 0.6 is 0 Å². The average molecular weight is 417 g/mol. The van der Waals surface area contributed by atoms with Crippen molar-refractivity contribution in [1.29, 1.82) is 0 Å². The second kappa shape index (κ2) is 7.85. The van der Waals surface area contributed by atoms with Crippen molar-refractivity contribution >= 4 is 11.9 Å². The van der Waals surface area contributed by atoms with Crippen molar-refractivity contribution in [1.82, 2.24) is 15.1 Å². The van der Waals surface area contributed by atoms with E-state index < -0.39 is 24.0 Å². The highest BCUT2D eigenvalue weighted by Crippen LogP contribution is 2.43. The Bertz CT molecular complexity index is 1060. The van der Waals surface area contributed by atoms with E-state index in [4.69, 9.17) is 14.2 Å². The molecule has 4 aliphatic heterocycles. The van der Waals surface area contributed by atoms with Crippen molar-refractivity contribution in [2.45, 2.75) is 24.9 Å². The van der Waals surface area contributed by atoms with Gasteiger partial charge in [-0.25, -0.2) is 14.5 Å². The first-order valence-corrected chi connectivity index (χ1v) is 10.1. The van der Waals surface area contributed by atoms with Crippen molar-refractivity contribution < 1.29 is 23.8 Å². The van der Waals surface area contributed by atoms with E-state index in [2.05, 4.69) is 22.0 Å². The highest BCUT2D eigenvalue weighted by molar-refractivity contribution is 5.93. The number of benzene rings is 1. The van der Waals surface area contributed by atoms with Gasteiger partial charge in [0.2, 0.25) is 5.88 Å². The van der Waals surface area contributed by atoms with Gasteiger partial charge in [-0.15, -0.1) is 10.2 Å². The lowest BCUT2D eigenvalue weighted by Gasteiger charge is -2.54. The number of hydrogen-bond donors (Lipinski definition) is 0. The monoisotopic (exact) mass is 417 g/mol. The fraction of sp³-hybridized carbons (Fsp3) is 0.304. The van der Waals surface area contributed by atoms with Crippen molar-refractivity contribution in [3.8, 4) is 17.7 Å². The molecule has 8 nitrogen and oxygen atoms in total. The van der Waals surface area contributed by atoms with Crippen LogP contribution in [-0.2, 0) is 19.1 Å². The summed E-state index contributed by atoms with van der Waals surface area (Å²) in [7, 11) is 0. The third kappa shape index (κ3) is 3.76. The molecular weight excluding hydrogens is 398 g/mol. The Balaban J connectivity index is 1.38. The summed E-state index contributed by atoms with van der Waals surface area (Å²) in [6.07, 6.45) is 3.10.